The van der Waals surface area contributed by atoms with Crippen LogP contribution in [-0.2, 0) is 16.1 Å². The predicted molar refractivity (Wildman–Crippen MR) is 139 cm³/mol. The first-order valence-corrected chi connectivity index (χ1v) is 12.6. The van der Waals surface area contributed by atoms with E-state index in [2.05, 4.69) is 10.2 Å². The van der Waals surface area contributed by atoms with Crippen molar-refractivity contribution >= 4 is 51.7 Å². The molecule has 0 atom stereocenters. The Morgan fingerprint density at radius 1 is 1.23 bits per heavy atom. The number of thiocarbonyl (C=S) groups is 1. The van der Waals surface area contributed by atoms with Gasteiger partial charge in [0.1, 0.15) is 21.5 Å². The number of thioether (sulfide) groups is 1. The smallest absolute Gasteiger partial charge is 0.267 e. The Hall–Kier alpha value is -2.99. The molecule has 0 unspecified atom stereocenters. The van der Waals surface area contributed by atoms with Crippen LogP contribution in [0, 0.1) is 6.92 Å². The molecule has 0 spiro atoms. The maximum absolute atomic E-state index is 13.5. The minimum atomic E-state index is -0.260. The molecular formula is C24H25N5O4S2. The minimum Gasteiger partial charge on any atom is -0.467 e. The van der Waals surface area contributed by atoms with Crippen LogP contribution in [0.3, 0.4) is 0 Å². The zero-order valence-electron chi connectivity index (χ0n) is 19.2. The van der Waals surface area contributed by atoms with Crippen molar-refractivity contribution in [2.75, 3.05) is 44.7 Å². The summed E-state index contributed by atoms with van der Waals surface area (Å²) in [6.07, 6.45) is 4.85. The molecule has 182 valence electrons. The number of carbonyl (C=O) groups is 1. The maximum atomic E-state index is 13.5. The molecule has 9 nitrogen and oxygen atoms in total. The van der Waals surface area contributed by atoms with Gasteiger partial charge in [0.05, 0.1) is 36.5 Å². The Kier molecular flexibility index (Phi) is 7.00. The maximum Gasteiger partial charge on any atom is 0.267 e. The van der Waals surface area contributed by atoms with Crippen LogP contribution in [0.1, 0.15) is 16.9 Å². The highest BCUT2D eigenvalue weighted by molar-refractivity contribution is 8.26. The van der Waals surface area contributed by atoms with Gasteiger partial charge in [-0.1, -0.05) is 30.0 Å². The Bertz CT molecular complexity index is 1350. The average molecular weight is 512 g/mol. The lowest BCUT2D eigenvalue weighted by molar-refractivity contribution is -0.122. The molecule has 5 heterocycles. The van der Waals surface area contributed by atoms with Crippen molar-refractivity contribution in [1.29, 1.82) is 0 Å². The fraction of sp³-hybridized carbons (Fsp3) is 0.333. The number of aryl methyl sites for hydroxylation is 1. The number of amides is 1. The molecular weight excluding hydrogens is 486 g/mol. The van der Waals surface area contributed by atoms with Gasteiger partial charge in [-0.15, -0.1) is 0 Å². The van der Waals surface area contributed by atoms with Crippen LogP contribution < -0.4 is 10.9 Å². The van der Waals surface area contributed by atoms with Gasteiger partial charge in [0, 0.05) is 32.4 Å². The molecule has 2 aliphatic heterocycles. The number of furan rings is 1. The number of rotatable bonds is 7. The van der Waals surface area contributed by atoms with Crippen LogP contribution in [0.4, 0.5) is 5.82 Å². The molecule has 0 saturated carbocycles. The number of carbonyl (C=O) groups excluding carboxylic acids is 1. The molecule has 5 rings (SSSR count). The highest BCUT2D eigenvalue weighted by Gasteiger charge is 2.33. The number of nitrogens with one attached hydrogen (secondary N) is 1. The molecule has 0 bridgehead atoms. The van der Waals surface area contributed by atoms with Crippen LogP contribution in [-0.4, -0.2) is 68.8 Å². The zero-order valence-corrected chi connectivity index (χ0v) is 20.9. The Morgan fingerprint density at radius 2 is 2.06 bits per heavy atom. The van der Waals surface area contributed by atoms with E-state index < -0.39 is 0 Å². The van der Waals surface area contributed by atoms with Gasteiger partial charge in [-0.25, -0.2) is 4.98 Å². The van der Waals surface area contributed by atoms with Gasteiger partial charge in [0.2, 0.25) is 0 Å². The summed E-state index contributed by atoms with van der Waals surface area (Å²) in [5.74, 6) is 0.828. The Morgan fingerprint density at radius 3 is 2.83 bits per heavy atom. The Labute approximate surface area is 211 Å². The van der Waals surface area contributed by atoms with Crippen molar-refractivity contribution in [2.24, 2.45) is 0 Å². The van der Waals surface area contributed by atoms with Crippen molar-refractivity contribution in [2.45, 2.75) is 13.5 Å². The van der Waals surface area contributed by atoms with E-state index in [1.165, 1.54) is 21.1 Å². The van der Waals surface area contributed by atoms with Gasteiger partial charge in [-0.3, -0.25) is 23.8 Å². The number of fused-ring (bicyclic) bond motifs is 1. The summed E-state index contributed by atoms with van der Waals surface area (Å²) < 4.78 is 12.7. The fourth-order valence-electron chi connectivity index (χ4n) is 4.06. The van der Waals surface area contributed by atoms with Crippen molar-refractivity contribution in [3.05, 3.63) is 68.9 Å². The molecule has 1 N–H and O–H groups in total. The lowest BCUT2D eigenvalue weighted by Crippen LogP contribution is -2.39. The predicted octanol–water partition coefficient (Wildman–Crippen LogP) is 2.74. The lowest BCUT2D eigenvalue weighted by atomic mass is 10.2. The third-order valence-electron chi connectivity index (χ3n) is 5.95. The quantitative estimate of drug-likeness (QED) is 0.380. The van der Waals surface area contributed by atoms with Crippen molar-refractivity contribution in [3.8, 4) is 0 Å². The Balaban J connectivity index is 1.46. The third-order valence-corrected chi connectivity index (χ3v) is 7.33. The van der Waals surface area contributed by atoms with Gasteiger partial charge >= 0.3 is 0 Å². The first-order valence-electron chi connectivity index (χ1n) is 11.3. The van der Waals surface area contributed by atoms with E-state index in [4.69, 9.17) is 26.4 Å². The van der Waals surface area contributed by atoms with E-state index in [1.54, 1.807) is 30.7 Å². The van der Waals surface area contributed by atoms with Gasteiger partial charge < -0.3 is 14.5 Å². The third kappa shape index (κ3) is 5.03. The second kappa shape index (κ2) is 10.3. The van der Waals surface area contributed by atoms with Gasteiger partial charge in [0.15, 0.2) is 0 Å². The second-order valence-electron chi connectivity index (χ2n) is 8.29. The topological polar surface area (TPSA) is 92.3 Å². The molecule has 35 heavy (non-hydrogen) atoms. The number of nitrogens with zero attached hydrogens (tertiary/aromatic N) is 4. The number of hydrogen-bond donors (Lipinski definition) is 1. The van der Waals surface area contributed by atoms with E-state index in [0.717, 1.165) is 38.4 Å². The van der Waals surface area contributed by atoms with Crippen LogP contribution in [0.2, 0.25) is 0 Å². The zero-order chi connectivity index (χ0) is 24.4. The van der Waals surface area contributed by atoms with Crippen molar-refractivity contribution < 1.29 is 13.9 Å². The molecule has 2 aliphatic rings. The monoisotopic (exact) mass is 511 g/mol. The van der Waals surface area contributed by atoms with E-state index in [-0.39, 0.29) is 18.0 Å². The average Bonchev–Trinajstić information content (AvgIpc) is 3.47. The highest BCUT2D eigenvalue weighted by Crippen LogP contribution is 2.34. The normalized spacial score (nSPS) is 18.2. The molecule has 11 heteroatoms. The van der Waals surface area contributed by atoms with Crippen molar-refractivity contribution in [3.63, 3.8) is 0 Å². The lowest BCUT2D eigenvalue weighted by Gasteiger charge is -2.26. The number of ether oxygens (including phenoxy) is 1. The second-order valence-corrected chi connectivity index (χ2v) is 9.97. The summed E-state index contributed by atoms with van der Waals surface area (Å²) in [5, 5.41) is 3.33. The van der Waals surface area contributed by atoms with Crippen LogP contribution in [0.5, 0.6) is 0 Å². The number of morpholine rings is 1. The SMILES string of the molecule is Cc1cccn2c(=O)c(C=C3SC(=S)N(Cc4ccco4)C3=O)c(NCCN3CCOCC3)nc12. The molecule has 2 fully saturated rings. The van der Waals surface area contributed by atoms with Crippen LogP contribution in [0.15, 0.2) is 50.8 Å². The molecule has 0 aliphatic carbocycles. The van der Waals surface area contributed by atoms with E-state index in [1.807, 2.05) is 19.1 Å². The largest absolute Gasteiger partial charge is 0.467 e. The summed E-state index contributed by atoms with van der Waals surface area (Å²) in [5.41, 5.74) is 1.54. The van der Waals surface area contributed by atoms with Gasteiger partial charge in [-0.2, -0.15) is 0 Å². The summed E-state index contributed by atoms with van der Waals surface area (Å²) in [6, 6.07) is 7.28. The van der Waals surface area contributed by atoms with E-state index in [9.17, 15) is 9.59 Å². The standard InChI is InChI=1S/C24H25N5O4S2/c1-16-4-2-7-28-21(16)26-20(25-6-8-27-9-12-32-13-10-27)18(22(28)30)14-19-23(31)29(24(34)35-19)15-17-5-3-11-33-17/h2-5,7,11,14,25H,6,8-10,12-13,15H2,1H3. The summed E-state index contributed by atoms with van der Waals surface area (Å²) in [6.45, 7) is 6.75. The molecule has 3 aromatic rings. The molecule has 2 saturated heterocycles. The summed E-state index contributed by atoms with van der Waals surface area (Å²) in [7, 11) is 0. The fourth-order valence-corrected chi connectivity index (χ4v) is 5.30. The first kappa shape index (κ1) is 23.7. The minimum absolute atomic E-state index is 0.244. The van der Waals surface area contributed by atoms with Gasteiger partial charge in [0.25, 0.3) is 11.5 Å². The van der Waals surface area contributed by atoms with Crippen molar-refractivity contribution in [1.82, 2.24) is 19.2 Å². The van der Waals surface area contributed by atoms with E-state index >= 15 is 0 Å². The summed E-state index contributed by atoms with van der Waals surface area (Å²) >= 11 is 6.61. The van der Waals surface area contributed by atoms with Gasteiger partial charge in [-0.05, 0) is 36.8 Å². The summed E-state index contributed by atoms with van der Waals surface area (Å²) in [4.78, 5) is 35.6. The number of pyridine rings is 1. The van der Waals surface area contributed by atoms with Crippen LogP contribution >= 0.6 is 24.0 Å². The van der Waals surface area contributed by atoms with E-state index in [0.29, 0.717) is 38.6 Å². The highest BCUT2D eigenvalue weighted by atomic mass is 32.2. The van der Waals surface area contributed by atoms with Crippen LogP contribution in [0.25, 0.3) is 11.7 Å². The molecule has 1 amide bonds. The number of hydrogen-bond acceptors (Lipinski definition) is 9. The molecule has 0 aromatic carbocycles. The number of aromatic nitrogens is 2. The number of anilines is 1. The first-order chi connectivity index (χ1) is 17.0. The molecule has 3 aromatic heterocycles. The molecule has 0 radical (unpaired) electrons.